The Bertz CT molecular complexity index is 211. The van der Waals surface area contributed by atoms with Crippen LogP contribution in [-0.4, -0.2) is 25.2 Å². The molecule has 1 saturated carbocycles. The number of carbonyl (C=O) groups excluding carboxylic acids is 1. The van der Waals surface area contributed by atoms with Crippen LogP contribution in [0.2, 0.25) is 0 Å². The molecule has 3 nitrogen and oxygen atoms in total. The molecule has 3 heteroatoms. The minimum Gasteiger partial charge on any atom is -0.469 e. The molecule has 13 heavy (non-hydrogen) atoms. The fourth-order valence-electron chi connectivity index (χ4n) is 2.51. The number of nitrogens with one attached hydrogen (secondary N) is 1. The molecule has 0 aromatic rings. The van der Waals surface area contributed by atoms with Crippen LogP contribution in [0.1, 0.15) is 32.1 Å². The first-order chi connectivity index (χ1) is 6.24. The maximum atomic E-state index is 11.0. The van der Waals surface area contributed by atoms with Crippen molar-refractivity contribution in [2.45, 2.75) is 37.6 Å². The maximum absolute atomic E-state index is 11.0. The third-order valence-corrected chi connectivity index (χ3v) is 3.44. The molecule has 1 unspecified atom stereocenters. The highest BCUT2D eigenvalue weighted by molar-refractivity contribution is 5.69. The molecule has 1 aliphatic heterocycles. The molecule has 2 fully saturated rings. The Morgan fingerprint density at radius 1 is 1.62 bits per heavy atom. The molecule has 0 bridgehead atoms. The van der Waals surface area contributed by atoms with Crippen LogP contribution in [0.15, 0.2) is 0 Å². The summed E-state index contributed by atoms with van der Waals surface area (Å²) in [5.41, 5.74) is 0.415. The first-order valence-corrected chi connectivity index (χ1v) is 5.06. The summed E-state index contributed by atoms with van der Waals surface area (Å²) in [4.78, 5) is 11.0. The van der Waals surface area contributed by atoms with Crippen LogP contribution in [0.4, 0.5) is 0 Å². The lowest BCUT2D eigenvalue weighted by molar-refractivity contribution is -0.141. The minimum atomic E-state index is -0.0665. The van der Waals surface area contributed by atoms with E-state index in [4.69, 9.17) is 0 Å². The molecule has 0 amide bonds. The Morgan fingerprint density at radius 2 is 2.38 bits per heavy atom. The van der Waals surface area contributed by atoms with Gasteiger partial charge < -0.3 is 10.1 Å². The van der Waals surface area contributed by atoms with E-state index in [1.807, 2.05) is 0 Å². The second-order valence-corrected chi connectivity index (χ2v) is 4.37. The molecule has 2 rings (SSSR count). The molecular formula is C10H17NO2. The van der Waals surface area contributed by atoms with Crippen LogP contribution in [0.25, 0.3) is 0 Å². The zero-order valence-corrected chi connectivity index (χ0v) is 8.14. The Hall–Kier alpha value is -0.570. The van der Waals surface area contributed by atoms with Gasteiger partial charge in [0.15, 0.2) is 0 Å². The number of hydrogen-bond donors (Lipinski definition) is 1. The second kappa shape index (κ2) is 3.29. The lowest BCUT2D eigenvalue weighted by Gasteiger charge is -2.38. The van der Waals surface area contributed by atoms with E-state index in [-0.39, 0.29) is 5.97 Å². The van der Waals surface area contributed by atoms with Gasteiger partial charge in [0.2, 0.25) is 0 Å². The number of carbonyl (C=O) groups is 1. The third kappa shape index (κ3) is 1.70. The van der Waals surface area contributed by atoms with Crippen molar-refractivity contribution in [3.63, 3.8) is 0 Å². The van der Waals surface area contributed by atoms with E-state index in [9.17, 15) is 4.79 Å². The smallest absolute Gasteiger partial charge is 0.305 e. The molecule has 1 heterocycles. The number of rotatable bonds is 2. The average Bonchev–Trinajstić information content (AvgIpc) is 2.48. The Balaban J connectivity index is 1.81. The van der Waals surface area contributed by atoms with Gasteiger partial charge in [0.1, 0.15) is 0 Å². The molecule has 1 spiro atoms. The fraction of sp³-hybridized carbons (Fsp3) is 0.900. The van der Waals surface area contributed by atoms with Crippen molar-refractivity contribution in [1.29, 1.82) is 0 Å². The van der Waals surface area contributed by atoms with E-state index in [0.29, 0.717) is 17.9 Å². The summed E-state index contributed by atoms with van der Waals surface area (Å²) < 4.78 is 4.67. The lowest BCUT2D eigenvalue weighted by atomic mass is 9.74. The second-order valence-electron chi connectivity index (χ2n) is 4.37. The minimum absolute atomic E-state index is 0.0665. The molecule has 2 aliphatic rings. The van der Waals surface area contributed by atoms with Crippen LogP contribution in [0, 0.1) is 5.92 Å². The summed E-state index contributed by atoms with van der Waals surface area (Å²) >= 11 is 0. The normalized spacial score (nSPS) is 30.1. The fourth-order valence-corrected chi connectivity index (χ4v) is 2.51. The molecule has 0 radical (unpaired) electrons. The van der Waals surface area contributed by atoms with E-state index >= 15 is 0 Å². The summed E-state index contributed by atoms with van der Waals surface area (Å²) in [6.07, 6.45) is 5.70. The van der Waals surface area contributed by atoms with Gasteiger partial charge in [-0.1, -0.05) is 0 Å². The first kappa shape index (κ1) is 9.00. The predicted octanol–water partition coefficient (Wildman–Crippen LogP) is 1.08. The standard InChI is InChI=1S/C10H17NO2/c1-13-9(12)5-8-6-10(11-7-8)3-2-4-10/h8,11H,2-7H2,1H3. The number of esters is 1. The van der Waals surface area contributed by atoms with Crippen LogP contribution in [-0.2, 0) is 9.53 Å². The van der Waals surface area contributed by atoms with Crippen molar-refractivity contribution in [3.8, 4) is 0 Å². The summed E-state index contributed by atoms with van der Waals surface area (Å²) in [5.74, 6) is 0.441. The Labute approximate surface area is 78.8 Å². The molecule has 1 aliphatic carbocycles. The van der Waals surface area contributed by atoms with Crippen molar-refractivity contribution in [2.24, 2.45) is 5.92 Å². The van der Waals surface area contributed by atoms with Gasteiger partial charge >= 0.3 is 5.97 Å². The summed E-state index contributed by atoms with van der Waals surface area (Å²) in [5, 5.41) is 3.54. The SMILES string of the molecule is COC(=O)CC1CNC2(CCC2)C1. The summed E-state index contributed by atoms with van der Waals surface area (Å²) in [6.45, 7) is 0.995. The van der Waals surface area contributed by atoms with Crippen molar-refractivity contribution in [3.05, 3.63) is 0 Å². The van der Waals surface area contributed by atoms with Gasteiger partial charge in [0.05, 0.1) is 7.11 Å². The van der Waals surface area contributed by atoms with Gasteiger partial charge in [-0.2, -0.15) is 0 Å². The van der Waals surface area contributed by atoms with Crippen LogP contribution in [0.5, 0.6) is 0 Å². The Kier molecular flexibility index (Phi) is 2.28. The largest absolute Gasteiger partial charge is 0.469 e. The predicted molar refractivity (Wildman–Crippen MR) is 49.3 cm³/mol. The van der Waals surface area contributed by atoms with E-state index in [0.717, 1.165) is 6.54 Å². The van der Waals surface area contributed by atoms with E-state index in [2.05, 4.69) is 10.1 Å². The molecular weight excluding hydrogens is 166 g/mol. The van der Waals surface area contributed by atoms with Gasteiger partial charge in [-0.3, -0.25) is 4.79 Å². The first-order valence-electron chi connectivity index (χ1n) is 5.06. The van der Waals surface area contributed by atoms with Crippen LogP contribution in [0.3, 0.4) is 0 Å². The van der Waals surface area contributed by atoms with Gasteiger partial charge in [-0.15, -0.1) is 0 Å². The highest BCUT2D eigenvalue weighted by Crippen LogP contribution is 2.41. The van der Waals surface area contributed by atoms with Crippen molar-refractivity contribution in [1.82, 2.24) is 5.32 Å². The van der Waals surface area contributed by atoms with Gasteiger partial charge in [-0.25, -0.2) is 0 Å². The number of ether oxygens (including phenoxy) is 1. The quantitative estimate of drug-likeness (QED) is 0.651. The summed E-state index contributed by atoms with van der Waals surface area (Å²) in [7, 11) is 1.46. The van der Waals surface area contributed by atoms with E-state index < -0.39 is 0 Å². The number of methoxy groups -OCH3 is 1. The monoisotopic (exact) mass is 183 g/mol. The molecule has 1 saturated heterocycles. The lowest BCUT2D eigenvalue weighted by Crippen LogP contribution is -2.45. The van der Waals surface area contributed by atoms with Crippen molar-refractivity contribution < 1.29 is 9.53 Å². The van der Waals surface area contributed by atoms with Gasteiger partial charge in [-0.05, 0) is 38.1 Å². The average molecular weight is 183 g/mol. The van der Waals surface area contributed by atoms with Crippen LogP contribution >= 0.6 is 0 Å². The highest BCUT2D eigenvalue weighted by Gasteiger charge is 2.43. The molecule has 0 aromatic carbocycles. The molecule has 74 valence electrons. The molecule has 1 N–H and O–H groups in total. The summed E-state index contributed by atoms with van der Waals surface area (Å²) in [6, 6.07) is 0. The van der Waals surface area contributed by atoms with Gasteiger partial charge in [0.25, 0.3) is 0 Å². The van der Waals surface area contributed by atoms with Crippen molar-refractivity contribution in [2.75, 3.05) is 13.7 Å². The third-order valence-electron chi connectivity index (χ3n) is 3.44. The molecule has 0 aromatic heterocycles. The van der Waals surface area contributed by atoms with E-state index in [1.54, 1.807) is 0 Å². The maximum Gasteiger partial charge on any atom is 0.305 e. The van der Waals surface area contributed by atoms with E-state index in [1.165, 1.54) is 32.8 Å². The zero-order valence-electron chi connectivity index (χ0n) is 8.14. The van der Waals surface area contributed by atoms with Crippen molar-refractivity contribution >= 4 is 5.97 Å². The van der Waals surface area contributed by atoms with Gasteiger partial charge in [0, 0.05) is 12.0 Å². The zero-order chi connectivity index (χ0) is 9.31. The number of hydrogen-bond acceptors (Lipinski definition) is 3. The molecule has 1 atom stereocenters. The highest BCUT2D eigenvalue weighted by atomic mass is 16.5. The Morgan fingerprint density at radius 3 is 2.85 bits per heavy atom. The topological polar surface area (TPSA) is 38.3 Å². The van der Waals surface area contributed by atoms with Crippen LogP contribution < -0.4 is 5.32 Å².